The van der Waals surface area contributed by atoms with Crippen molar-refractivity contribution >= 4 is 90.1 Å². The van der Waals surface area contributed by atoms with Gasteiger partial charge in [-0.2, -0.15) is 0 Å². The Morgan fingerprint density at radius 1 is 0.723 bits per heavy atom. The molecule has 2 saturated heterocycles. The van der Waals surface area contributed by atoms with Gasteiger partial charge in [0.15, 0.2) is 27.7 Å². The number of ketones is 3. The largest absolute Gasteiger partial charge is 0.391 e. The smallest absolute Gasteiger partial charge is 0.243 e. The van der Waals surface area contributed by atoms with E-state index in [1.54, 1.807) is 14.1 Å². The van der Waals surface area contributed by atoms with Crippen LogP contribution < -0.4 is 33.2 Å². The maximum atomic E-state index is 13.3. The van der Waals surface area contributed by atoms with Gasteiger partial charge in [0.05, 0.1) is 50.8 Å². The van der Waals surface area contributed by atoms with E-state index in [4.69, 9.17) is 17.2 Å². The summed E-state index contributed by atoms with van der Waals surface area (Å²) in [5.74, 6) is -0.666. The standard InChI is InChI=1S/C21H28N6O4S.C14H19N5OS.C8H13NO3/c1-12(28)27-11-13(29)10-16(27)19(31)25-15(7-5-9-24-21(22)23-2)18(30)20-26-14-6-3-4-8-17(14)32-20;1-17-14(16)18-8-4-5-9(15)12(20)13-19-10-6-2-3-7-11(10)21-13;1-5(10)8-3-7(12)4-9(8)6(2)11/h3-4,6,8,13,15-16,29H,5,7,9-11H2,1-2H3,(H,25,31)(H3,22,23,24);2-3,6-7,9H,4-5,8,15H2,1H3,(H3,16,17,18);7-8,12H,3-4H2,1-2H3/t13-,15+,16+;9-;7-,8+/m101/s1. The molecule has 2 aliphatic heterocycles. The number of Topliss-reactive ketones (excluding diaryl/α,β-unsaturated/α-hetero) is 3. The van der Waals surface area contributed by atoms with Gasteiger partial charge in [-0.3, -0.25) is 38.8 Å². The van der Waals surface area contributed by atoms with Crippen molar-refractivity contribution in [3.8, 4) is 0 Å². The van der Waals surface area contributed by atoms with Crippen molar-refractivity contribution in [3.05, 3.63) is 58.5 Å². The van der Waals surface area contributed by atoms with E-state index < -0.39 is 42.3 Å². The van der Waals surface area contributed by atoms with E-state index in [2.05, 4.69) is 35.9 Å². The fraction of sp³-hybridized carbons (Fsp3) is 0.488. The van der Waals surface area contributed by atoms with Crippen LogP contribution in [0.1, 0.15) is 78.9 Å². The number of rotatable bonds is 15. The van der Waals surface area contributed by atoms with Crippen molar-refractivity contribution in [2.75, 3.05) is 40.3 Å². The molecule has 11 N–H and O–H groups in total. The molecule has 4 aromatic rings. The SMILES string of the molecule is CC(=O)[C@@H]1C[C@@H](O)CN1C(C)=O.CN=C(N)NCCC[C@H](N)C(=O)c1nc2ccccc2s1.CN=C(N)NCCC[C@H](NC(=O)[C@@H]1C[C@@H](O)CN1C(C)=O)C(=O)c1nc2ccccc2s1. The molecule has 6 rings (SSSR count). The molecule has 2 aromatic carbocycles. The number of aromatic nitrogens is 2. The Balaban J connectivity index is 0.000000239. The predicted octanol–water partition coefficient (Wildman–Crippen LogP) is 0.938. The average molecular weight is 937 g/mol. The Bertz CT molecular complexity index is 2260. The van der Waals surface area contributed by atoms with E-state index in [1.807, 2.05) is 48.5 Å². The lowest BCUT2D eigenvalue weighted by atomic mass is 10.1. The Morgan fingerprint density at radius 2 is 1.17 bits per heavy atom. The normalized spacial score (nSPS) is 19.4. The van der Waals surface area contributed by atoms with E-state index in [-0.39, 0.29) is 42.1 Å². The number of nitrogens with zero attached hydrogens (tertiary/aromatic N) is 6. The van der Waals surface area contributed by atoms with Crippen LogP contribution in [-0.4, -0.2) is 154 Å². The number of guanidine groups is 2. The highest BCUT2D eigenvalue weighted by Crippen LogP contribution is 2.25. The van der Waals surface area contributed by atoms with E-state index in [9.17, 15) is 39.0 Å². The van der Waals surface area contributed by atoms with Crippen LogP contribution in [0.2, 0.25) is 0 Å². The number of thiazole rings is 2. The number of β-amino-alcohol motifs (C(OH)–C–C–N with tert-alkyl or cyclic N) is 2. The number of aliphatic hydroxyl groups is 2. The molecular formula is C43H60N12O8S2. The first kappa shape index (κ1) is 51.7. The minimum absolute atomic E-state index is 0.0539. The monoisotopic (exact) mass is 936 g/mol. The second kappa shape index (κ2) is 24.9. The fourth-order valence-corrected chi connectivity index (χ4v) is 9.04. The highest BCUT2D eigenvalue weighted by atomic mass is 32.1. The van der Waals surface area contributed by atoms with Gasteiger partial charge < -0.3 is 53.2 Å². The number of hydrogen-bond donors (Lipinski definition) is 8. The maximum Gasteiger partial charge on any atom is 0.243 e. The lowest BCUT2D eigenvalue weighted by Crippen LogP contribution is -2.50. The molecule has 4 heterocycles. The van der Waals surface area contributed by atoms with Gasteiger partial charge in [-0.1, -0.05) is 24.3 Å². The molecule has 22 heteroatoms. The summed E-state index contributed by atoms with van der Waals surface area (Å²) in [5, 5.41) is 28.6. The Hall–Kier alpha value is -5.94. The van der Waals surface area contributed by atoms with Gasteiger partial charge in [0.25, 0.3) is 0 Å². The zero-order chi connectivity index (χ0) is 47.8. The van der Waals surface area contributed by atoms with Gasteiger partial charge in [-0.15, -0.1) is 22.7 Å². The molecule has 2 aromatic heterocycles. The summed E-state index contributed by atoms with van der Waals surface area (Å²) in [6, 6.07) is 12.5. The number of carbonyl (C=O) groups excluding carboxylic acids is 6. The number of likely N-dealkylation sites (tertiary alicyclic amines) is 2. The number of aliphatic hydroxyl groups excluding tert-OH is 2. The first-order valence-electron chi connectivity index (χ1n) is 21.1. The summed E-state index contributed by atoms with van der Waals surface area (Å²) in [6.45, 7) is 5.72. The number of amides is 3. The summed E-state index contributed by atoms with van der Waals surface area (Å²) in [4.78, 5) is 91.5. The molecular weight excluding hydrogens is 877 g/mol. The van der Waals surface area contributed by atoms with E-state index in [1.165, 1.54) is 53.2 Å². The number of nitrogens with two attached hydrogens (primary N) is 3. The summed E-state index contributed by atoms with van der Waals surface area (Å²) in [7, 11) is 3.18. The third-order valence-electron chi connectivity index (χ3n) is 10.6. The van der Waals surface area contributed by atoms with Gasteiger partial charge in [-0.25, -0.2) is 9.97 Å². The lowest BCUT2D eigenvalue weighted by molar-refractivity contribution is -0.137. The van der Waals surface area contributed by atoms with Crippen LogP contribution in [0.15, 0.2) is 58.5 Å². The molecule has 2 fully saturated rings. The summed E-state index contributed by atoms with van der Waals surface area (Å²) >= 11 is 2.66. The first-order valence-corrected chi connectivity index (χ1v) is 22.8. The zero-order valence-electron chi connectivity index (χ0n) is 37.2. The van der Waals surface area contributed by atoms with Crippen LogP contribution >= 0.6 is 22.7 Å². The van der Waals surface area contributed by atoms with Crippen molar-refractivity contribution in [1.29, 1.82) is 0 Å². The maximum absolute atomic E-state index is 13.3. The van der Waals surface area contributed by atoms with E-state index in [0.717, 1.165) is 26.9 Å². The average Bonchev–Trinajstić information content (AvgIpc) is 4.10. The van der Waals surface area contributed by atoms with E-state index in [0.29, 0.717) is 67.3 Å². The molecule has 20 nitrogen and oxygen atoms in total. The van der Waals surface area contributed by atoms with Crippen LogP contribution in [0.5, 0.6) is 0 Å². The molecule has 0 spiro atoms. The van der Waals surface area contributed by atoms with Gasteiger partial charge >= 0.3 is 0 Å². The molecule has 0 saturated carbocycles. The number of nitrogens with one attached hydrogen (secondary N) is 3. The molecule has 0 bridgehead atoms. The van der Waals surface area contributed by atoms with Crippen LogP contribution in [0.4, 0.5) is 0 Å². The van der Waals surface area contributed by atoms with Crippen LogP contribution in [0.25, 0.3) is 20.4 Å². The molecule has 6 atom stereocenters. The summed E-state index contributed by atoms with van der Waals surface area (Å²) in [6.07, 6.45) is 1.43. The van der Waals surface area contributed by atoms with Gasteiger partial charge in [-0.05, 0) is 56.9 Å². The van der Waals surface area contributed by atoms with Crippen molar-refractivity contribution in [1.82, 2.24) is 35.7 Å². The quantitative estimate of drug-likeness (QED) is 0.0356. The Labute approximate surface area is 385 Å². The molecule has 0 aliphatic carbocycles. The van der Waals surface area contributed by atoms with Gasteiger partial charge in [0.2, 0.25) is 29.3 Å². The van der Waals surface area contributed by atoms with Crippen LogP contribution in [0.3, 0.4) is 0 Å². The number of para-hydroxylation sites is 2. The third kappa shape index (κ3) is 15.1. The zero-order valence-corrected chi connectivity index (χ0v) is 38.9. The summed E-state index contributed by atoms with van der Waals surface area (Å²) in [5.41, 5.74) is 18.7. The Kier molecular flexibility index (Phi) is 19.8. The van der Waals surface area contributed by atoms with Gasteiger partial charge in [0, 0.05) is 67.0 Å². The molecule has 0 radical (unpaired) electrons. The fourth-order valence-electron chi connectivity index (χ4n) is 7.11. The number of benzene rings is 2. The first-order chi connectivity index (χ1) is 30.9. The van der Waals surface area contributed by atoms with Crippen molar-refractivity contribution in [3.63, 3.8) is 0 Å². The van der Waals surface area contributed by atoms with Gasteiger partial charge in [0.1, 0.15) is 6.04 Å². The molecule has 352 valence electrons. The Morgan fingerprint density at radius 3 is 1.62 bits per heavy atom. The molecule has 2 aliphatic rings. The molecule has 0 unspecified atom stereocenters. The highest BCUT2D eigenvalue weighted by Gasteiger charge is 2.39. The van der Waals surface area contributed by atoms with Crippen LogP contribution in [-0.2, 0) is 19.2 Å². The number of hydrogen-bond acceptors (Lipinski definition) is 15. The van der Waals surface area contributed by atoms with E-state index >= 15 is 0 Å². The molecule has 65 heavy (non-hydrogen) atoms. The summed E-state index contributed by atoms with van der Waals surface area (Å²) < 4.78 is 1.89. The third-order valence-corrected chi connectivity index (χ3v) is 12.7. The van der Waals surface area contributed by atoms with Crippen molar-refractivity contribution in [2.45, 2.75) is 95.7 Å². The van der Waals surface area contributed by atoms with Crippen molar-refractivity contribution < 1.29 is 39.0 Å². The minimum atomic E-state index is -0.823. The molecule has 3 amide bonds. The number of carbonyl (C=O) groups is 6. The lowest BCUT2D eigenvalue weighted by Gasteiger charge is -2.25. The van der Waals surface area contributed by atoms with Crippen LogP contribution in [0, 0.1) is 0 Å². The number of fused-ring (bicyclic) bond motifs is 2. The van der Waals surface area contributed by atoms with Crippen molar-refractivity contribution in [2.24, 2.45) is 27.2 Å². The second-order valence-electron chi connectivity index (χ2n) is 15.5. The minimum Gasteiger partial charge on any atom is -0.391 e. The topological polar surface area (TPSA) is 314 Å². The highest BCUT2D eigenvalue weighted by molar-refractivity contribution is 7.20. The predicted molar refractivity (Wildman–Crippen MR) is 252 cm³/mol. The number of aliphatic imine (C=N–C) groups is 2. The second-order valence-corrected chi connectivity index (χ2v) is 17.6.